The second-order valence-electron chi connectivity index (χ2n) is 7.01. The van der Waals surface area contributed by atoms with Gasteiger partial charge in [0, 0.05) is 5.69 Å². The molecule has 1 aliphatic heterocycles. The molecule has 0 amide bonds. The van der Waals surface area contributed by atoms with Gasteiger partial charge in [0.2, 0.25) is 0 Å². The molecule has 0 saturated carbocycles. The molecule has 2 aromatic rings. The fraction of sp³-hybridized carbons (Fsp3) is 0.526. The molecule has 8 heteroatoms. The highest BCUT2D eigenvalue weighted by Crippen LogP contribution is 2.32. The normalized spacial score (nSPS) is 22.2. The van der Waals surface area contributed by atoms with Crippen LogP contribution in [0.1, 0.15) is 54.6 Å². The molecule has 0 unspecified atom stereocenters. The lowest BCUT2D eigenvalue weighted by atomic mass is 9.90. The molecule has 27 heavy (non-hydrogen) atoms. The number of nitrogens with two attached hydrogens (primary N) is 1. The second-order valence-corrected chi connectivity index (χ2v) is 7.01. The summed E-state index contributed by atoms with van der Waals surface area (Å²) in [6.45, 7) is 2.33. The van der Waals surface area contributed by atoms with E-state index in [1.165, 1.54) is 24.0 Å². The van der Waals surface area contributed by atoms with E-state index >= 15 is 0 Å². The Morgan fingerprint density at radius 3 is 2.96 bits per heavy atom. The van der Waals surface area contributed by atoms with Crippen molar-refractivity contribution in [1.82, 2.24) is 10.1 Å². The predicted molar refractivity (Wildman–Crippen MR) is 114 cm³/mol. The molecule has 146 valence electrons. The number of hydrogen-bond donors (Lipinski definition) is 2. The number of nitrogens with one attached hydrogen (secondary N) is 1. The third kappa shape index (κ3) is 4.78. The van der Waals surface area contributed by atoms with E-state index in [0.717, 1.165) is 31.4 Å². The van der Waals surface area contributed by atoms with Gasteiger partial charge in [0.1, 0.15) is 6.10 Å². The fourth-order valence-electron chi connectivity index (χ4n) is 3.74. The lowest BCUT2D eigenvalue weighted by Gasteiger charge is -2.20. The first kappa shape index (κ1) is 20.1. The van der Waals surface area contributed by atoms with Gasteiger partial charge in [-0.15, -0.1) is 24.0 Å². The molecule has 1 saturated heterocycles. The summed E-state index contributed by atoms with van der Waals surface area (Å²) >= 11 is 0. The van der Waals surface area contributed by atoms with E-state index in [-0.39, 0.29) is 36.2 Å². The van der Waals surface area contributed by atoms with Crippen LogP contribution in [0.2, 0.25) is 0 Å². The smallest absolute Gasteiger partial charge is 0.255 e. The lowest BCUT2D eigenvalue weighted by molar-refractivity contribution is 0.0309. The molecular weight excluding hydrogens is 457 g/mol. The van der Waals surface area contributed by atoms with Crippen molar-refractivity contribution >= 4 is 35.6 Å². The Bertz CT molecular complexity index is 807. The molecule has 0 bridgehead atoms. The summed E-state index contributed by atoms with van der Waals surface area (Å²) in [5.41, 5.74) is 9.99. The number of guanidine groups is 1. The summed E-state index contributed by atoms with van der Waals surface area (Å²) in [7, 11) is 0. The summed E-state index contributed by atoms with van der Waals surface area (Å²) in [6, 6.07) is 6.36. The predicted octanol–water partition coefficient (Wildman–Crippen LogP) is 3.52. The number of ether oxygens (including phenoxy) is 1. The zero-order valence-electron chi connectivity index (χ0n) is 15.5. The number of aromatic nitrogens is 2. The highest BCUT2D eigenvalue weighted by Gasteiger charge is 2.30. The van der Waals surface area contributed by atoms with Gasteiger partial charge in [-0.3, -0.25) is 4.99 Å². The molecule has 2 aliphatic rings. The Labute approximate surface area is 176 Å². The van der Waals surface area contributed by atoms with Crippen LogP contribution >= 0.6 is 24.0 Å². The van der Waals surface area contributed by atoms with Crippen LogP contribution in [-0.4, -0.2) is 28.7 Å². The summed E-state index contributed by atoms with van der Waals surface area (Å²) in [5, 5.41) is 7.09. The maximum atomic E-state index is 6.11. The molecule has 1 aliphatic carbocycles. The van der Waals surface area contributed by atoms with Crippen molar-refractivity contribution in [2.24, 2.45) is 10.7 Å². The third-order valence-corrected chi connectivity index (χ3v) is 5.05. The second kappa shape index (κ2) is 9.01. The fourth-order valence-corrected chi connectivity index (χ4v) is 3.74. The summed E-state index contributed by atoms with van der Waals surface area (Å²) < 4.78 is 11.2. The van der Waals surface area contributed by atoms with E-state index in [1.807, 2.05) is 0 Å². The minimum Gasteiger partial charge on any atom is -0.370 e. The molecule has 4 rings (SSSR count). The average molecular weight is 483 g/mol. The molecule has 2 atom stereocenters. The number of rotatable bonds is 4. The number of anilines is 1. The van der Waals surface area contributed by atoms with Crippen molar-refractivity contribution in [3.05, 3.63) is 41.0 Å². The highest BCUT2D eigenvalue weighted by molar-refractivity contribution is 14.0. The van der Waals surface area contributed by atoms with Gasteiger partial charge in [0.25, 0.3) is 5.89 Å². The Balaban J connectivity index is 0.00000210. The monoisotopic (exact) mass is 483 g/mol. The van der Waals surface area contributed by atoms with Crippen molar-refractivity contribution < 1.29 is 9.26 Å². The average Bonchev–Trinajstić information content (AvgIpc) is 3.29. The lowest BCUT2D eigenvalue weighted by Crippen LogP contribution is -2.26. The summed E-state index contributed by atoms with van der Waals surface area (Å²) in [6.07, 6.45) is 6.40. The Kier molecular flexibility index (Phi) is 6.69. The largest absolute Gasteiger partial charge is 0.370 e. The van der Waals surface area contributed by atoms with Crippen molar-refractivity contribution in [3.8, 4) is 0 Å². The van der Waals surface area contributed by atoms with E-state index in [9.17, 15) is 0 Å². The van der Waals surface area contributed by atoms with Crippen LogP contribution in [0.3, 0.4) is 0 Å². The van der Waals surface area contributed by atoms with Crippen LogP contribution in [-0.2, 0) is 17.6 Å². The van der Waals surface area contributed by atoms with E-state index in [0.29, 0.717) is 24.2 Å². The third-order valence-electron chi connectivity index (χ3n) is 5.05. The van der Waals surface area contributed by atoms with Gasteiger partial charge in [-0.05, 0) is 62.6 Å². The van der Waals surface area contributed by atoms with Gasteiger partial charge in [0.05, 0.1) is 12.6 Å². The van der Waals surface area contributed by atoms with Gasteiger partial charge in [-0.1, -0.05) is 17.3 Å². The number of benzene rings is 1. The quantitative estimate of drug-likeness (QED) is 0.392. The summed E-state index contributed by atoms with van der Waals surface area (Å²) in [4.78, 5) is 8.72. The molecular formula is C19H26IN5O2. The Morgan fingerprint density at radius 2 is 2.15 bits per heavy atom. The van der Waals surface area contributed by atoms with Crippen LogP contribution in [0.15, 0.2) is 27.7 Å². The van der Waals surface area contributed by atoms with Crippen LogP contribution in [0, 0.1) is 6.92 Å². The number of nitrogens with zero attached hydrogens (tertiary/aromatic N) is 3. The standard InChI is InChI=1S/C19H25N5O2.HI/c1-12-22-18(26-24-12)17-10-9-14(25-17)11-21-19(20)23-16-8-4-6-13-5-2-3-7-15(13)16;/h4,6,8,14,17H,2-3,5,7,9-11H2,1H3,(H3,20,21,23);1H/t14-,17+;/m1./s1. The SMILES string of the molecule is Cc1noc([C@@H]2CC[C@H](CN=C(N)Nc3cccc4c3CCCC4)O2)n1.I. The number of fused-ring (bicyclic) bond motifs is 1. The first-order valence-corrected chi connectivity index (χ1v) is 9.32. The van der Waals surface area contributed by atoms with Crippen LogP contribution in [0.5, 0.6) is 0 Å². The first-order chi connectivity index (χ1) is 12.7. The van der Waals surface area contributed by atoms with Crippen molar-refractivity contribution in [2.75, 3.05) is 11.9 Å². The van der Waals surface area contributed by atoms with E-state index in [2.05, 4.69) is 38.6 Å². The van der Waals surface area contributed by atoms with Crippen LogP contribution < -0.4 is 11.1 Å². The van der Waals surface area contributed by atoms with Gasteiger partial charge in [-0.2, -0.15) is 4.98 Å². The molecule has 3 N–H and O–H groups in total. The van der Waals surface area contributed by atoms with E-state index in [4.69, 9.17) is 15.0 Å². The Morgan fingerprint density at radius 1 is 1.30 bits per heavy atom. The maximum absolute atomic E-state index is 6.11. The Hall–Kier alpha value is -1.68. The van der Waals surface area contributed by atoms with E-state index < -0.39 is 0 Å². The molecule has 0 spiro atoms. The minimum absolute atomic E-state index is 0. The zero-order valence-corrected chi connectivity index (χ0v) is 17.8. The highest BCUT2D eigenvalue weighted by atomic mass is 127. The van der Waals surface area contributed by atoms with Crippen molar-refractivity contribution in [3.63, 3.8) is 0 Å². The zero-order chi connectivity index (χ0) is 17.9. The van der Waals surface area contributed by atoms with E-state index in [1.54, 1.807) is 6.92 Å². The number of halogens is 1. The first-order valence-electron chi connectivity index (χ1n) is 9.32. The van der Waals surface area contributed by atoms with Crippen LogP contribution in [0.4, 0.5) is 5.69 Å². The van der Waals surface area contributed by atoms with Gasteiger partial charge in [-0.25, -0.2) is 0 Å². The number of aryl methyl sites for hydroxylation is 2. The number of hydrogen-bond acceptors (Lipinski definition) is 5. The van der Waals surface area contributed by atoms with Gasteiger partial charge < -0.3 is 20.3 Å². The molecule has 2 heterocycles. The molecule has 1 aromatic carbocycles. The number of aliphatic imine (C=N–C) groups is 1. The molecule has 0 radical (unpaired) electrons. The van der Waals surface area contributed by atoms with Gasteiger partial charge >= 0.3 is 0 Å². The van der Waals surface area contributed by atoms with Gasteiger partial charge in [0.15, 0.2) is 11.8 Å². The molecule has 1 aromatic heterocycles. The maximum Gasteiger partial charge on any atom is 0.255 e. The molecule has 7 nitrogen and oxygen atoms in total. The summed E-state index contributed by atoms with van der Waals surface area (Å²) in [5.74, 6) is 1.62. The minimum atomic E-state index is -0.133. The topological polar surface area (TPSA) is 98.6 Å². The van der Waals surface area contributed by atoms with Crippen LogP contribution in [0.25, 0.3) is 0 Å². The van der Waals surface area contributed by atoms with Crippen molar-refractivity contribution in [1.29, 1.82) is 0 Å². The van der Waals surface area contributed by atoms with Crippen molar-refractivity contribution in [2.45, 2.75) is 57.7 Å². The molecule has 1 fully saturated rings.